The number of rotatable bonds is 2. The molecule has 2 nitrogen and oxygen atoms in total. The molecule has 0 amide bonds. The minimum absolute atomic E-state index is 0.0838. The molecule has 0 aromatic heterocycles. The van der Waals surface area contributed by atoms with Gasteiger partial charge in [0.15, 0.2) is 0 Å². The highest BCUT2D eigenvalue weighted by atomic mass is 79.9. The van der Waals surface area contributed by atoms with E-state index in [1.165, 1.54) is 6.07 Å². The Hall–Kier alpha value is -0.560. The first-order chi connectivity index (χ1) is 7.81. The summed E-state index contributed by atoms with van der Waals surface area (Å²) in [5, 5.41) is -0.0838. The minimum Gasteiger partial charge on any atom is -0.465 e. The van der Waals surface area contributed by atoms with Crippen molar-refractivity contribution in [3.8, 4) is 0 Å². The van der Waals surface area contributed by atoms with Crippen LogP contribution >= 0.6 is 31.9 Å². The molecule has 0 heterocycles. The van der Waals surface area contributed by atoms with Crippen molar-refractivity contribution in [2.24, 2.45) is 0 Å². The second-order valence-electron chi connectivity index (χ2n) is 3.10. The number of hydrogen-bond acceptors (Lipinski definition) is 2. The highest BCUT2D eigenvalue weighted by Gasteiger charge is 2.35. The summed E-state index contributed by atoms with van der Waals surface area (Å²) in [7, 11) is 1.12. The Morgan fingerprint density at radius 1 is 1.41 bits per heavy atom. The number of ether oxygens (including phenoxy) is 1. The first-order valence-corrected chi connectivity index (χ1v) is 6.26. The van der Waals surface area contributed by atoms with Gasteiger partial charge in [-0.15, -0.1) is 0 Å². The van der Waals surface area contributed by atoms with Crippen LogP contribution < -0.4 is 0 Å². The van der Waals surface area contributed by atoms with Crippen LogP contribution in [0.1, 0.15) is 21.5 Å². The molecule has 1 aromatic rings. The van der Waals surface area contributed by atoms with Crippen LogP contribution in [0.4, 0.5) is 13.2 Å². The lowest BCUT2D eigenvalue weighted by Crippen LogP contribution is -2.14. The van der Waals surface area contributed by atoms with Gasteiger partial charge < -0.3 is 4.74 Å². The van der Waals surface area contributed by atoms with Crippen molar-refractivity contribution in [2.75, 3.05) is 7.11 Å². The molecule has 0 aliphatic carbocycles. The summed E-state index contributed by atoms with van der Waals surface area (Å²) in [4.78, 5) is 11.4. The van der Waals surface area contributed by atoms with E-state index in [4.69, 9.17) is 0 Å². The van der Waals surface area contributed by atoms with Gasteiger partial charge in [0.1, 0.15) is 0 Å². The van der Waals surface area contributed by atoms with Gasteiger partial charge >= 0.3 is 12.1 Å². The van der Waals surface area contributed by atoms with Crippen LogP contribution in [0.5, 0.6) is 0 Å². The maximum atomic E-state index is 12.8. The Morgan fingerprint density at radius 3 is 2.41 bits per heavy atom. The van der Waals surface area contributed by atoms with E-state index in [-0.39, 0.29) is 20.9 Å². The largest absolute Gasteiger partial charge is 0.465 e. The number of methoxy groups -OCH3 is 1. The summed E-state index contributed by atoms with van der Waals surface area (Å²) >= 11 is 5.89. The zero-order valence-corrected chi connectivity index (χ0v) is 11.7. The molecule has 0 spiro atoms. The number of carbonyl (C=O) groups excluding carboxylic acids is 1. The monoisotopic (exact) mass is 374 g/mol. The molecule has 7 heteroatoms. The van der Waals surface area contributed by atoms with E-state index in [2.05, 4.69) is 36.6 Å². The van der Waals surface area contributed by atoms with Crippen molar-refractivity contribution >= 4 is 37.8 Å². The van der Waals surface area contributed by atoms with E-state index >= 15 is 0 Å². The zero-order valence-electron chi connectivity index (χ0n) is 8.57. The molecule has 0 aliphatic heterocycles. The Bertz CT molecular complexity index is 444. The molecule has 17 heavy (non-hydrogen) atoms. The van der Waals surface area contributed by atoms with Crippen LogP contribution in [-0.2, 0) is 16.2 Å². The van der Waals surface area contributed by atoms with E-state index in [1.54, 1.807) is 0 Å². The fourth-order valence-corrected chi connectivity index (χ4v) is 2.39. The van der Waals surface area contributed by atoms with Gasteiger partial charge in [-0.2, -0.15) is 13.2 Å². The Balaban J connectivity index is 3.52. The molecular weight excluding hydrogens is 369 g/mol. The van der Waals surface area contributed by atoms with Gasteiger partial charge in [0.05, 0.1) is 18.2 Å². The van der Waals surface area contributed by atoms with Gasteiger partial charge in [-0.05, 0) is 17.7 Å². The number of benzene rings is 1. The molecule has 0 fully saturated rings. The van der Waals surface area contributed by atoms with E-state index in [0.717, 1.165) is 13.2 Å². The molecule has 0 aliphatic rings. The van der Waals surface area contributed by atoms with Crippen molar-refractivity contribution < 1.29 is 22.7 Å². The van der Waals surface area contributed by atoms with E-state index in [1.807, 2.05) is 0 Å². The number of esters is 1. The average Bonchev–Trinajstić information content (AvgIpc) is 2.25. The number of carbonyl (C=O) groups is 1. The summed E-state index contributed by atoms with van der Waals surface area (Å²) in [5.74, 6) is -0.800. The van der Waals surface area contributed by atoms with E-state index in [0.29, 0.717) is 0 Å². The van der Waals surface area contributed by atoms with Crippen molar-refractivity contribution in [3.63, 3.8) is 0 Å². The predicted molar refractivity (Wildman–Crippen MR) is 63.1 cm³/mol. The topological polar surface area (TPSA) is 26.3 Å². The Morgan fingerprint density at radius 2 is 2.00 bits per heavy atom. The highest BCUT2D eigenvalue weighted by Crippen LogP contribution is 2.36. The Kier molecular flexibility index (Phi) is 4.60. The van der Waals surface area contributed by atoms with Crippen molar-refractivity contribution in [1.29, 1.82) is 0 Å². The van der Waals surface area contributed by atoms with Gasteiger partial charge in [-0.1, -0.05) is 31.9 Å². The molecule has 0 saturated carbocycles. The number of alkyl halides is 4. The summed E-state index contributed by atoms with van der Waals surface area (Å²) in [5.41, 5.74) is -1.09. The third-order valence-electron chi connectivity index (χ3n) is 2.06. The molecule has 1 rings (SSSR count). The SMILES string of the molecule is COC(=O)c1cc(Br)cc(C(F)(F)F)c1CBr. The van der Waals surface area contributed by atoms with Gasteiger partial charge in [-0.3, -0.25) is 0 Å². The van der Waals surface area contributed by atoms with Gasteiger partial charge in [0.2, 0.25) is 0 Å². The number of hydrogen-bond donors (Lipinski definition) is 0. The van der Waals surface area contributed by atoms with Crippen molar-refractivity contribution in [2.45, 2.75) is 11.5 Å². The quantitative estimate of drug-likeness (QED) is 0.573. The summed E-state index contributed by atoms with van der Waals surface area (Å²) in [6.07, 6.45) is -4.52. The first kappa shape index (κ1) is 14.5. The summed E-state index contributed by atoms with van der Waals surface area (Å²) < 4.78 is 42.9. The molecule has 94 valence electrons. The summed E-state index contributed by atoms with van der Waals surface area (Å²) in [6.45, 7) is 0. The zero-order chi connectivity index (χ0) is 13.2. The molecule has 0 N–H and O–H groups in total. The molecular formula is C10H7Br2F3O2. The number of halogens is 5. The normalized spacial score (nSPS) is 11.4. The third kappa shape index (κ3) is 3.22. The molecule has 0 bridgehead atoms. The average molecular weight is 376 g/mol. The molecule has 1 aromatic carbocycles. The second kappa shape index (κ2) is 5.39. The molecule has 0 radical (unpaired) electrons. The van der Waals surface area contributed by atoms with Crippen LogP contribution in [0.2, 0.25) is 0 Å². The van der Waals surface area contributed by atoms with Crippen LogP contribution in [-0.4, -0.2) is 13.1 Å². The Labute approximate surface area is 112 Å². The van der Waals surface area contributed by atoms with E-state index < -0.39 is 17.7 Å². The van der Waals surface area contributed by atoms with Crippen LogP contribution in [0, 0.1) is 0 Å². The lowest BCUT2D eigenvalue weighted by Gasteiger charge is -2.15. The highest BCUT2D eigenvalue weighted by molar-refractivity contribution is 9.10. The smallest absolute Gasteiger partial charge is 0.416 e. The maximum absolute atomic E-state index is 12.8. The van der Waals surface area contributed by atoms with Crippen molar-refractivity contribution in [1.82, 2.24) is 0 Å². The van der Waals surface area contributed by atoms with Gasteiger partial charge in [-0.25, -0.2) is 4.79 Å². The predicted octanol–water partition coefficient (Wildman–Crippen LogP) is 4.15. The van der Waals surface area contributed by atoms with Crippen LogP contribution in [0.3, 0.4) is 0 Å². The summed E-state index contributed by atoms with van der Waals surface area (Å²) in [6, 6.07) is 2.24. The first-order valence-electron chi connectivity index (χ1n) is 4.35. The van der Waals surface area contributed by atoms with Gasteiger partial charge in [0, 0.05) is 9.80 Å². The van der Waals surface area contributed by atoms with Crippen LogP contribution in [0.15, 0.2) is 16.6 Å². The molecule has 0 saturated heterocycles. The second-order valence-corrected chi connectivity index (χ2v) is 4.58. The lowest BCUT2D eigenvalue weighted by atomic mass is 10.0. The third-order valence-corrected chi connectivity index (χ3v) is 3.08. The maximum Gasteiger partial charge on any atom is 0.416 e. The standard InChI is InChI=1S/C10H7Br2F3O2/c1-17-9(16)6-2-5(12)3-8(7(6)4-11)10(13,14)15/h2-3H,4H2,1H3. The van der Waals surface area contributed by atoms with Gasteiger partial charge in [0.25, 0.3) is 0 Å². The molecule has 0 unspecified atom stereocenters. The fraction of sp³-hybridized carbons (Fsp3) is 0.300. The lowest BCUT2D eigenvalue weighted by molar-refractivity contribution is -0.138. The van der Waals surface area contributed by atoms with Crippen molar-refractivity contribution in [3.05, 3.63) is 33.3 Å². The van der Waals surface area contributed by atoms with E-state index in [9.17, 15) is 18.0 Å². The fourth-order valence-electron chi connectivity index (χ4n) is 1.33. The van der Waals surface area contributed by atoms with Crippen LogP contribution in [0.25, 0.3) is 0 Å². The molecule has 0 atom stereocenters. The minimum atomic E-state index is -4.52.